The van der Waals surface area contributed by atoms with Crippen LogP contribution in [0.1, 0.15) is 93.1 Å². The van der Waals surface area contributed by atoms with E-state index in [9.17, 15) is 9.90 Å². The predicted octanol–water partition coefficient (Wildman–Crippen LogP) is 4.32. The molecule has 2 aliphatic rings. The molecule has 0 radical (unpaired) electrons. The van der Waals surface area contributed by atoms with E-state index in [2.05, 4.69) is 45.1 Å². The third-order valence-electron chi connectivity index (χ3n) is 7.81. The Hall–Kier alpha value is -3.07. The minimum Gasteiger partial charge on any atom is -0.393 e. The second-order valence-corrected chi connectivity index (χ2v) is 10.4. The zero-order valence-electron chi connectivity index (χ0n) is 21.3. The number of aliphatic hydroxyl groups excluding tert-OH is 1. The van der Waals surface area contributed by atoms with Crippen molar-refractivity contribution in [1.29, 1.82) is 0 Å². The van der Waals surface area contributed by atoms with Crippen molar-refractivity contribution in [3.05, 3.63) is 42.0 Å². The summed E-state index contributed by atoms with van der Waals surface area (Å²) in [5.41, 5.74) is 2.85. The van der Waals surface area contributed by atoms with Crippen LogP contribution in [0, 0.1) is 0 Å². The molecule has 1 atom stereocenters. The van der Waals surface area contributed by atoms with Crippen LogP contribution < -0.4 is 5.32 Å². The number of amides is 1. The van der Waals surface area contributed by atoms with Crippen molar-refractivity contribution < 1.29 is 9.90 Å². The number of nitrogens with one attached hydrogen (secondary N) is 1. The van der Waals surface area contributed by atoms with Gasteiger partial charge in [-0.3, -0.25) is 4.79 Å². The highest BCUT2D eigenvalue weighted by Gasteiger charge is 2.29. The van der Waals surface area contributed by atoms with Crippen LogP contribution in [0.25, 0.3) is 11.0 Å². The number of anilines is 1. The van der Waals surface area contributed by atoms with E-state index >= 15 is 0 Å². The van der Waals surface area contributed by atoms with Crippen molar-refractivity contribution in [2.75, 3.05) is 18.4 Å². The summed E-state index contributed by atoms with van der Waals surface area (Å²) < 4.78 is 2.34. The van der Waals surface area contributed by atoms with Crippen LogP contribution in [0.15, 0.2) is 30.9 Å². The number of aliphatic hydroxyl groups is 1. The average Bonchev–Trinajstić information content (AvgIpc) is 3.28. The normalized spacial score (nSPS) is 22.0. The Morgan fingerprint density at radius 2 is 1.92 bits per heavy atom. The second-order valence-electron chi connectivity index (χ2n) is 10.4. The molecule has 1 saturated heterocycles. The largest absolute Gasteiger partial charge is 0.393 e. The summed E-state index contributed by atoms with van der Waals surface area (Å²) in [6, 6.07) is 2.37. The molecular formula is C27H37N7O2. The minimum absolute atomic E-state index is 0.0202. The van der Waals surface area contributed by atoms with Gasteiger partial charge in [-0.15, -0.1) is 0 Å². The Morgan fingerprint density at radius 1 is 1.14 bits per heavy atom. The Bertz CT molecular complexity index is 1170. The van der Waals surface area contributed by atoms with Crippen molar-refractivity contribution >= 4 is 22.9 Å². The first-order chi connectivity index (χ1) is 17.5. The lowest BCUT2D eigenvalue weighted by molar-refractivity contribution is 0.0712. The Labute approximate surface area is 212 Å². The maximum atomic E-state index is 12.9. The number of aromatic nitrogens is 5. The van der Waals surface area contributed by atoms with Gasteiger partial charge in [-0.2, -0.15) is 15.2 Å². The van der Waals surface area contributed by atoms with Crippen LogP contribution in [0.2, 0.25) is 0 Å². The molecule has 1 aliphatic carbocycles. The maximum absolute atomic E-state index is 12.9. The van der Waals surface area contributed by atoms with E-state index < -0.39 is 0 Å². The molecule has 0 aromatic carbocycles. The van der Waals surface area contributed by atoms with Crippen LogP contribution in [-0.4, -0.2) is 65.9 Å². The number of piperidine rings is 1. The Balaban J connectivity index is 1.39. The fourth-order valence-corrected chi connectivity index (χ4v) is 5.78. The van der Waals surface area contributed by atoms with Gasteiger partial charge in [0.15, 0.2) is 0 Å². The Kier molecular flexibility index (Phi) is 7.46. The van der Waals surface area contributed by atoms with Crippen LogP contribution in [0.4, 0.5) is 5.95 Å². The van der Waals surface area contributed by atoms with Gasteiger partial charge in [0, 0.05) is 43.0 Å². The average molecular weight is 492 g/mol. The van der Waals surface area contributed by atoms with Crippen molar-refractivity contribution in [2.45, 2.75) is 89.3 Å². The number of fused-ring (bicyclic) bond motifs is 1. The third-order valence-corrected chi connectivity index (χ3v) is 7.81. The molecule has 4 heterocycles. The summed E-state index contributed by atoms with van der Waals surface area (Å²) in [6.07, 6.45) is 14.7. The number of hydrogen-bond donors (Lipinski definition) is 2. The second kappa shape index (κ2) is 10.9. The molecule has 36 heavy (non-hydrogen) atoms. The fraction of sp³-hybridized carbons (Fsp3) is 0.593. The van der Waals surface area contributed by atoms with Crippen LogP contribution in [0.3, 0.4) is 0 Å². The first kappa shape index (κ1) is 24.6. The van der Waals surface area contributed by atoms with E-state index in [1.165, 1.54) is 11.8 Å². The molecule has 192 valence electrons. The third kappa shape index (κ3) is 5.21. The zero-order chi connectivity index (χ0) is 25.1. The van der Waals surface area contributed by atoms with E-state index in [-0.39, 0.29) is 12.0 Å². The number of likely N-dealkylation sites (tertiary alicyclic amines) is 1. The van der Waals surface area contributed by atoms with E-state index in [0.717, 1.165) is 62.4 Å². The summed E-state index contributed by atoms with van der Waals surface area (Å²) in [5.74, 6) is 1.05. The molecule has 3 aromatic rings. The van der Waals surface area contributed by atoms with Gasteiger partial charge in [0.1, 0.15) is 5.65 Å². The number of nitrogens with zero attached hydrogens (tertiary/aromatic N) is 6. The van der Waals surface area contributed by atoms with Gasteiger partial charge in [0.2, 0.25) is 5.95 Å². The smallest absolute Gasteiger partial charge is 0.255 e. The van der Waals surface area contributed by atoms with Crippen molar-refractivity contribution in [3.63, 3.8) is 0 Å². The van der Waals surface area contributed by atoms with Gasteiger partial charge >= 0.3 is 0 Å². The van der Waals surface area contributed by atoms with Crippen molar-refractivity contribution in [3.8, 4) is 0 Å². The minimum atomic E-state index is -0.193. The summed E-state index contributed by atoms with van der Waals surface area (Å²) in [6.45, 7) is 5.78. The molecule has 9 heteroatoms. The molecule has 0 bridgehead atoms. The van der Waals surface area contributed by atoms with Crippen LogP contribution in [0.5, 0.6) is 0 Å². The summed E-state index contributed by atoms with van der Waals surface area (Å²) in [4.78, 5) is 24.5. The van der Waals surface area contributed by atoms with Gasteiger partial charge in [-0.05, 0) is 69.4 Å². The number of carbonyl (C=O) groups is 1. The summed E-state index contributed by atoms with van der Waals surface area (Å²) in [7, 11) is 0. The predicted molar refractivity (Wildman–Crippen MR) is 139 cm³/mol. The highest BCUT2D eigenvalue weighted by atomic mass is 16.3. The van der Waals surface area contributed by atoms with Crippen LogP contribution >= 0.6 is 0 Å². The monoisotopic (exact) mass is 491 g/mol. The SMILES string of the molecule is CCC[C@H](C)Nc1ncc2c(C3CCN(C(=O)c4ccnnc4)CC3)cn([C@H]3CC[C@H](O)CC3)c2n1. The highest BCUT2D eigenvalue weighted by Crippen LogP contribution is 2.38. The molecule has 1 amide bonds. The van der Waals surface area contributed by atoms with Gasteiger partial charge in [-0.25, -0.2) is 4.98 Å². The molecule has 2 fully saturated rings. The van der Waals surface area contributed by atoms with Crippen LogP contribution in [-0.2, 0) is 0 Å². The molecule has 0 unspecified atom stereocenters. The van der Waals surface area contributed by atoms with Gasteiger partial charge in [-0.1, -0.05) is 13.3 Å². The standard InChI is InChI=1S/C27H37N7O2/c1-3-4-18(2)31-27-28-16-23-24(17-34(25(23)32-27)21-5-7-22(35)8-6-21)19-10-13-33(14-11-19)26(36)20-9-12-29-30-15-20/h9,12,15-19,21-22,35H,3-8,10-11,13-14H2,1-2H3,(H,28,31,32)/t18-,21-,22-/m0/s1. The van der Waals surface area contributed by atoms with E-state index in [1.54, 1.807) is 12.3 Å². The maximum Gasteiger partial charge on any atom is 0.255 e. The molecule has 9 nitrogen and oxygen atoms in total. The van der Waals surface area contributed by atoms with E-state index in [1.807, 2.05) is 11.1 Å². The molecule has 2 N–H and O–H groups in total. The molecule has 5 rings (SSSR count). The highest BCUT2D eigenvalue weighted by molar-refractivity contribution is 5.93. The first-order valence-electron chi connectivity index (χ1n) is 13.4. The quantitative estimate of drug-likeness (QED) is 0.507. The lowest BCUT2D eigenvalue weighted by Gasteiger charge is -2.32. The fourth-order valence-electron chi connectivity index (χ4n) is 5.78. The van der Waals surface area contributed by atoms with E-state index in [0.29, 0.717) is 42.6 Å². The van der Waals surface area contributed by atoms with Crippen molar-refractivity contribution in [1.82, 2.24) is 29.6 Å². The lowest BCUT2D eigenvalue weighted by atomic mass is 9.89. The first-order valence-corrected chi connectivity index (χ1v) is 13.4. The van der Waals surface area contributed by atoms with Crippen molar-refractivity contribution in [2.24, 2.45) is 0 Å². The Morgan fingerprint density at radius 3 is 2.61 bits per heavy atom. The van der Waals surface area contributed by atoms with Gasteiger partial charge in [0.05, 0.1) is 24.1 Å². The summed E-state index contributed by atoms with van der Waals surface area (Å²) >= 11 is 0. The number of rotatable bonds is 7. The zero-order valence-corrected chi connectivity index (χ0v) is 21.3. The molecule has 1 aliphatic heterocycles. The number of hydrogen-bond acceptors (Lipinski definition) is 7. The lowest BCUT2D eigenvalue weighted by Crippen LogP contribution is -2.38. The topological polar surface area (TPSA) is 109 Å². The number of carbonyl (C=O) groups excluding carboxylic acids is 1. The molecular weight excluding hydrogens is 454 g/mol. The molecule has 3 aromatic heterocycles. The summed E-state index contributed by atoms with van der Waals surface area (Å²) in [5, 5.41) is 22.3. The molecule has 1 saturated carbocycles. The van der Waals surface area contributed by atoms with E-state index in [4.69, 9.17) is 4.98 Å². The van der Waals surface area contributed by atoms with Gasteiger partial charge in [0.25, 0.3) is 5.91 Å². The molecule has 0 spiro atoms. The van der Waals surface area contributed by atoms with Gasteiger partial charge < -0.3 is 19.9 Å².